The Morgan fingerprint density at radius 2 is 2.22 bits per heavy atom. The molecule has 4 heteroatoms. The lowest BCUT2D eigenvalue weighted by Crippen LogP contribution is -2.18. The maximum Gasteiger partial charge on any atom is 0.127 e. The average molecular weight is 309 g/mol. The topological polar surface area (TPSA) is 24.9 Å². The standard InChI is InChI=1S/C14H14BrFN2/c1-10(11-3-2-6-17-8-11)18-9-12-7-13(15)4-5-14(12)16/h2-8,10,18H,9H2,1H3/t10-/m0/s1. The highest BCUT2D eigenvalue weighted by Gasteiger charge is 2.07. The number of hydrogen-bond donors (Lipinski definition) is 1. The van der Waals surface area contributed by atoms with Crippen molar-refractivity contribution in [1.29, 1.82) is 0 Å². The van der Waals surface area contributed by atoms with Gasteiger partial charge in [-0.25, -0.2) is 4.39 Å². The zero-order valence-electron chi connectivity index (χ0n) is 10.0. The molecule has 0 unspecified atom stereocenters. The first-order valence-corrected chi connectivity index (χ1v) is 6.53. The highest BCUT2D eigenvalue weighted by Crippen LogP contribution is 2.17. The summed E-state index contributed by atoms with van der Waals surface area (Å²) in [6.45, 7) is 2.52. The van der Waals surface area contributed by atoms with Crippen molar-refractivity contribution in [2.75, 3.05) is 0 Å². The van der Waals surface area contributed by atoms with Gasteiger partial charge in [-0.05, 0) is 36.8 Å². The fourth-order valence-corrected chi connectivity index (χ4v) is 2.10. The van der Waals surface area contributed by atoms with E-state index in [1.54, 1.807) is 18.3 Å². The summed E-state index contributed by atoms with van der Waals surface area (Å²) in [6.07, 6.45) is 3.55. The van der Waals surface area contributed by atoms with Crippen LogP contribution in [0.2, 0.25) is 0 Å². The van der Waals surface area contributed by atoms with Crippen LogP contribution in [0.4, 0.5) is 4.39 Å². The lowest BCUT2D eigenvalue weighted by molar-refractivity contribution is 0.543. The Balaban J connectivity index is 2.01. The van der Waals surface area contributed by atoms with E-state index in [1.807, 2.05) is 25.3 Å². The van der Waals surface area contributed by atoms with Crippen LogP contribution >= 0.6 is 15.9 Å². The lowest BCUT2D eigenvalue weighted by Gasteiger charge is -2.14. The summed E-state index contributed by atoms with van der Waals surface area (Å²) in [6, 6.07) is 8.99. The number of hydrogen-bond acceptors (Lipinski definition) is 2. The van der Waals surface area contributed by atoms with Crippen molar-refractivity contribution >= 4 is 15.9 Å². The van der Waals surface area contributed by atoms with Gasteiger partial charge in [-0.3, -0.25) is 4.98 Å². The van der Waals surface area contributed by atoms with E-state index in [1.165, 1.54) is 6.07 Å². The molecule has 2 rings (SSSR count). The van der Waals surface area contributed by atoms with E-state index in [4.69, 9.17) is 0 Å². The van der Waals surface area contributed by atoms with Crippen LogP contribution in [-0.2, 0) is 6.54 Å². The molecule has 0 fully saturated rings. The van der Waals surface area contributed by atoms with Gasteiger partial charge in [0.15, 0.2) is 0 Å². The van der Waals surface area contributed by atoms with Crippen LogP contribution in [0.15, 0.2) is 47.2 Å². The highest BCUT2D eigenvalue weighted by molar-refractivity contribution is 9.10. The molecule has 0 aliphatic rings. The summed E-state index contributed by atoms with van der Waals surface area (Å²) in [5.74, 6) is -0.191. The zero-order chi connectivity index (χ0) is 13.0. The van der Waals surface area contributed by atoms with Crippen LogP contribution in [-0.4, -0.2) is 4.98 Å². The first kappa shape index (κ1) is 13.2. The molecule has 1 aromatic heterocycles. The van der Waals surface area contributed by atoms with Crippen LogP contribution in [0.3, 0.4) is 0 Å². The highest BCUT2D eigenvalue weighted by atomic mass is 79.9. The number of rotatable bonds is 4. The van der Waals surface area contributed by atoms with E-state index in [-0.39, 0.29) is 11.9 Å². The summed E-state index contributed by atoms with van der Waals surface area (Å²) in [7, 11) is 0. The van der Waals surface area contributed by atoms with Crippen LogP contribution in [0.25, 0.3) is 0 Å². The fraction of sp³-hybridized carbons (Fsp3) is 0.214. The van der Waals surface area contributed by atoms with Gasteiger partial charge in [0.2, 0.25) is 0 Å². The van der Waals surface area contributed by atoms with Crippen molar-refractivity contribution in [2.45, 2.75) is 19.5 Å². The minimum atomic E-state index is -0.191. The van der Waals surface area contributed by atoms with Gasteiger partial charge in [0.1, 0.15) is 5.82 Å². The predicted molar refractivity (Wildman–Crippen MR) is 73.6 cm³/mol. The minimum absolute atomic E-state index is 0.136. The van der Waals surface area contributed by atoms with E-state index >= 15 is 0 Å². The molecule has 94 valence electrons. The number of nitrogens with zero attached hydrogens (tertiary/aromatic N) is 1. The molecular formula is C14H14BrFN2. The maximum absolute atomic E-state index is 13.5. The summed E-state index contributed by atoms with van der Waals surface area (Å²) >= 11 is 3.34. The normalized spacial score (nSPS) is 12.4. The number of benzene rings is 1. The molecular weight excluding hydrogens is 295 g/mol. The van der Waals surface area contributed by atoms with Crippen molar-refractivity contribution < 1.29 is 4.39 Å². The van der Waals surface area contributed by atoms with E-state index in [0.717, 1.165) is 10.0 Å². The number of halogens is 2. The molecule has 0 amide bonds. The molecule has 2 nitrogen and oxygen atoms in total. The molecule has 1 heterocycles. The van der Waals surface area contributed by atoms with Gasteiger partial charge in [0, 0.05) is 35.0 Å². The largest absolute Gasteiger partial charge is 0.306 e. The van der Waals surface area contributed by atoms with Gasteiger partial charge >= 0.3 is 0 Å². The Kier molecular flexibility index (Phi) is 4.44. The fourth-order valence-electron chi connectivity index (χ4n) is 1.69. The predicted octanol–water partition coefficient (Wildman–Crippen LogP) is 3.83. The zero-order valence-corrected chi connectivity index (χ0v) is 11.6. The lowest BCUT2D eigenvalue weighted by atomic mass is 10.1. The van der Waals surface area contributed by atoms with Gasteiger partial charge in [0.05, 0.1) is 0 Å². The number of nitrogens with one attached hydrogen (secondary N) is 1. The van der Waals surface area contributed by atoms with Crippen molar-refractivity contribution in [3.8, 4) is 0 Å². The van der Waals surface area contributed by atoms with Crippen LogP contribution in [0.1, 0.15) is 24.1 Å². The number of pyridine rings is 1. The van der Waals surface area contributed by atoms with Crippen molar-refractivity contribution in [1.82, 2.24) is 10.3 Å². The minimum Gasteiger partial charge on any atom is -0.306 e. The SMILES string of the molecule is C[C@H](NCc1cc(Br)ccc1F)c1cccnc1. The van der Waals surface area contributed by atoms with E-state index in [0.29, 0.717) is 12.1 Å². The molecule has 0 bridgehead atoms. The monoisotopic (exact) mass is 308 g/mol. The Bertz CT molecular complexity index is 516. The summed E-state index contributed by atoms with van der Waals surface area (Å²) in [5, 5.41) is 3.28. The second-order valence-corrected chi connectivity index (χ2v) is 5.04. The second-order valence-electron chi connectivity index (χ2n) is 4.12. The van der Waals surface area contributed by atoms with Gasteiger partial charge < -0.3 is 5.32 Å². The molecule has 0 aliphatic carbocycles. The van der Waals surface area contributed by atoms with Crippen molar-refractivity contribution in [3.63, 3.8) is 0 Å². The molecule has 0 radical (unpaired) electrons. The quantitative estimate of drug-likeness (QED) is 0.928. The second kappa shape index (κ2) is 6.07. The molecule has 1 aromatic carbocycles. The van der Waals surface area contributed by atoms with Gasteiger partial charge in [-0.2, -0.15) is 0 Å². The summed E-state index contributed by atoms with van der Waals surface area (Å²) in [5.41, 5.74) is 1.74. The molecule has 0 aliphatic heterocycles. The van der Waals surface area contributed by atoms with Crippen molar-refractivity contribution in [3.05, 3.63) is 64.1 Å². The molecule has 2 aromatic rings. The van der Waals surface area contributed by atoms with Gasteiger partial charge in [-0.1, -0.05) is 22.0 Å². The molecule has 0 spiro atoms. The van der Waals surface area contributed by atoms with Gasteiger partial charge in [-0.15, -0.1) is 0 Å². The third-order valence-electron chi connectivity index (χ3n) is 2.79. The third-order valence-corrected chi connectivity index (χ3v) is 3.28. The smallest absolute Gasteiger partial charge is 0.127 e. The molecule has 0 saturated carbocycles. The molecule has 0 saturated heterocycles. The van der Waals surface area contributed by atoms with E-state index in [9.17, 15) is 4.39 Å². The Morgan fingerprint density at radius 1 is 1.39 bits per heavy atom. The van der Waals surface area contributed by atoms with E-state index in [2.05, 4.69) is 26.2 Å². The summed E-state index contributed by atoms with van der Waals surface area (Å²) < 4.78 is 14.4. The van der Waals surface area contributed by atoms with Crippen LogP contribution in [0, 0.1) is 5.82 Å². The number of aromatic nitrogens is 1. The van der Waals surface area contributed by atoms with Crippen LogP contribution < -0.4 is 5.32 Å². The molecule has 18 heavy (non-hydrogen) atoms. The van der Waals surface area contributed by atoms with Crippen molar-refractivity contribution in [2.24, 2.45) is 0 Å². The van der Waals surface area contributed by atoms with E-state index < -0.39 is 0 Å². The first-order valence-electron chi connectivity index (χ1n) is 5.74. The molecule has 1 atom stereocenters. The Labute approximate surface area is 114 Å². The summed E-state index contributed by atoms with van der Waals surface area (Å²) in [4.78, 5) is 4.07. The Morgan fingerprint density at radius 3 is 2.94 bits per heavy atom. The van der Waals surface area contributed by atoms with Gasteiger partial charge in [0.25, 0.3) is 0 Å². The maximum atomic E-state index is 13.5. The average Bonchev–Trinajstić information content (AvgIpc) is 2.40. The first-order chi connectivity index (χ1) is 8.66. The third kappa shape index (κ3) is 3.37. The molecule has 1 N–H and O–H groups in total. The Hall–Kier alpha value is -1.26. The van der Waals surface area contributed by atoms with Crippen LogP contribution in [0.5, 0.6) is 0 Å².